The molecule has 0 spiro atoms. The molecular formula is C48H67N7O8S. The molecular weight excluding hydrogens is 835 g/mol. The van der Waals surface area contributed by atoms with Gasteiger partial charge in [-0.25, -0.2) is 18.2 Å². The summed E-state index contributed by atoms with van der Waals surface area (Å²) in [5.41, 5.74) is 1.52. The molecule has 4 bridgehead atoms. The third-order valence-electron chi connectivity index (χ3n) is 15.8. The van der Waals surface area contributed by atoms with E-state index in [-0.39, 0.29) is 31.4 Å². The normalized spacial score (nSPS) is 31.7. The van der Waals surface area contributed by atoms with Crippen LogP contribution in [0.15, 0.2) is 36.9 Å². The average Bonchev–Trinajstić information content (AvgIpc) is 4.10. The van der Waals surface area contributed by atoms with E-state index in [0.29, 0.717) is 24.6 Å². The van der Waals surface area contributed by atoms with Crippen molar-refractivity contribution in [2.75, 3.05) is 39.8 Å². The number of hydrogen-bond acceptors (Lipinski definition) is 11. The number of sulfonamides is 1. The van der Waals surface area contributed by atoms with Crippen LogP contribution in [-0.2, 0) is 42.1 Å². The van der Waals surface area contributed by atoms with Crippen LogP contribution in [0.25, 0.3) is 10.9 Å². The highest BCUT2D eigenvalue weighted by Gasteiger charge is 2.63. The Morgan fingerprint density at radius 2 is 1.70 bits per heavy atom. The van der Waals surface area contributed by atoms with E-state index in [1.165, 1.54) is 10.5 Å². The minimum absolute atomic E-state index is 0.0414. The first-order valence-electron chi connectivity index (χ1n) is 24.0. The fourth-order valence-electron chi connectivity index (χ4n) is 11.2. The summed E-state index contributed by atoms with van der Waals surface area (Å²) in [4.78, 5) is 69.2. The molecule has 64 heavy (non-hydrogen) atoms. The van der Waals surface area contributed by atoms with E-state index in [2.05, 4.69) is 50.9 Å². The van der Waals surface area contributed by atoms with Crippen molar-refractivity contribution < 1.29 is 37.1 Å². The number of carbonyl (C=O) groups is 4. The zero-order valence-corrected chi connectivity index (χ0v) is 38.5. The Morgan fingerprint density at radius 1 is 0.953 bits per heavy atom. The van der Waals surface area contributed by atoms with Gasteiger partial charge in [-0.2, -0.15) is 0 Å². The molecule has 2 aromatic rings. The molecule has 3 unspecified atom stereocenters. The molecule has 16 heteroatoms. The molecule has 0 radical (unpaired) electrons. The van der Waals surface area contributed by atoms with Crippen molar-refractivity contribution in [1.82, 2.24) is 35.0 Å². The standard InChI is InChI=1S/C48H67N7O8S/c1-4-33-28-48(33,45(58)52-64(60,61)47(2)20-21-47)51-42(56)40-27-35-29-55(40)44(57)41(32-13-6-5-7-14-32)50-46(59)63-34-19-18-31(26-34)12-8-9-16-37-38(30-54-24-22-53(3)23-25-54)36-15-10-11-17-39(36)49-43(37)62-35/h4,10-11,15,17,31-35,40-41H,1,5-9,12-14,16,18-30H2,2-3H3,(H,50,59)(H,51,56)(H,52,58)/t31?,33?,34-,35-,40+,41+,48?/m1/s1. The number of hydrogen-bond donors (Lipinski definition) is 3. The van der Waals surface area contributed by atoms with E-state index < -0.39 is 68.2 Å². The van der Waals surface area contributed by atoms with Crippen LogP contribution in [0.3, 0.4) is 0 Å². The number of nitrogens with zero attached hydrogens (tertiary/aromatic N) is 4. The lowest BCUT2D eigenvalue weighted by atomic mass is 9.83. The molecule has 3 N–H and O–H groups in total. The van der Waals surface area contributed by atoms with Crippen molar-refractivity contribution in [3.63, 3.8) is 0 Å². The number of fused-ring (bicyclic) bond motifs is 6. The lowest BCUT2D eigenvalue weighted by molar-refractivity contribution is -0.142. The van der Waals surface area contributed by atoms with Gasteiger partial charge >= 0.3 is 6.09 Å². The Bertz CT molecular complexity index is 2240. The predicted molar refractivity (Wildman–Crippen MR) is 242 cm³/mol. The monoisotopic (exact) mass is 901 g/mol. The van der Waals surface area contributed by atoms with Crippen molar-refractivity contribution in [3.05, 3.63) is 48.0 Å². The second-order valence-electron chi connectivity index (χ2n) is 20.3. The number of nitrogens with one attached hydrogen (secondary N) is 3. The maximum absolute atomic E-state index is 15.2. The predicted octanol–water partition coefficient (Wildman–Crippen LogP) is 4.96. The maximum Gasteiger partial charge on any atom is 0.408 e. The maximum atomic E-state index is 15.2. The molecule has 4 amide bonds. The van der Waals surface area contributed by atoms with Gasteiger partial charge in [-0.3, -0.25) is 24.0 Å². The summed E-state index contributed by atoms with van der Waals surface area (Å²) in [7, 11) is -1.84. The van der Waals surface area contributed by atoms with E-state index >= 15 is 4.79 Å². The van der Waals surface area contributed by atoms with E-state index in [4.69, 9.17) is 14.5 Å². The first kappa shape index (κ1) is 44.9. The number of aromatic nitrogens is 1. The summed E-state index contributed by atoms with van der Waals surface area (Å²) in [6, 6.07) is 6.15. The van der Waals surface area contributed by atoms with Gasteiger partial charge in [-0.1, -0.05) is 56.4 Å². The number of rotatable bonds is 9. The summed E-state index contributed by atoms with van der Waals surface area (Å²) in [6.45, 7) is 10.1. The van der Waals surface area contributed by atoms with Crippen molar-refractivity contribution in [2.24, 2.45) is 17.8 Å². The Balaban J connectivity index is 1.07. The summed E-state index contributed by atoms with van der Waals surface area (Å²) < 4.78 is 40.8. The molecule has 2 saturated heterocycles. The van der Waals surface area contributed by atoms with Gasteiger partial charge in [0.25, 0.3) is 5.91 Å². The second-order valence-corrected chi connectivity index (χ2v) is 22.5. The average molecular weight is 902 g/mol. The number of alkyl carbamates (subject to hydrolysis) is 1. The SMILES string of the molecule is C=CC1CC1(NC(=O)[C@@H]1C[C@@H]2CN1C(=O)[C@H](C1CCCCC1)NC(=O)O[C@@H]1CCC(CCCCc3c(nc4ccccc4c3CN3CCN(C)CC3)O2)C1)C(=O)NS(=O)(=O)C1(C)CC1. The van der Waals surface area contributed by atoms with Gasteiger partial charge in [0.1, 0.15) is 29.8 Å². The lowest BCUT2D eigenvalue weighted by Gasteiger charge is -2.35. The number of ether oxygens (including phenoxy) is 2. The van der Waals surface area contributed by atoms with Crippen LogP contribution in [0.2, 0.25) is 0 Å². The Hall–Kier alpha value is -4.28. The summed E-state index contributed by atoms with van der Waals surface area (Å²) >= 11 is 0. The van der Waals surface area contributed by atoms with E-state index in [1.54, 1.807) is 13.0 Å². The van der Waals surface area contributed by atoms with Crippen LogP contribution in [-0.4, -0.2) is 126 Å². The summed E-state index contributed by atoms with van der Waals surface area (Å²) in [6.07, 6.45) is 11.8. The number of pyridine rings is 1. The van der Waals surface area contributed by atoms with Crippen molar-refractivity contribution in [3.8, 4) is 5.88 Å². The third kappa shape index (κ3) is 9.25. The van der Waals surface area contributed by atoms with Gasteiger partial charge < -0.3 is 29.9 Å². The van der Waals surface area contributed by atoms with Gasteiger partial charge in [-0.15, -0.1) is 6.58 Å². The zero-order valence-electron chi connectivity index (χ0n) is 37.7. The van der Waals surface area contributed by atoms with Crippen molar-refractivity contribution in [1.29, 1.82) is 0 Å². The first-order chi connectivity index (χ1) is 30.8. The second kappa shape index (κ2) is 18.2. The molecule has 1 aromatic carbocycles. The van der Waals surface area contributed by atoms with Crippen LogP contribution in [0.1, 0.15) is 114 Å². The van der Waals surface area contributed by atoms with E-state index in [1.807, 2.05) is 12.1 Å². The van der Waals surface area contributed by atoms with Crippen LogP contribution in [0.4, 0.5) is 4.79 Å². The molecule has 4 aliphatic carbocycles. The quantitative estimate of drug-likeness (QED) is 0.290. The van der Waals surface area contributed by atoms with Crippen LogP contribution in [0, 0.1) is 17.8 Å². The number of para-hydroxylation sites is 1. The molecule has 3 aliphatic heterocycles. The molecule has 7 aliphatic rings. The highest BCUT2D eigenvalue weighted by molar-refractivity contribution is 7.91. The Morgan fingerprint density at radius 3 is 2.44 bits per heavy atom. The highest BCUT2D eigenvalue weighted by atomic mass is 32.2. The smallest absolute Gasteiger partial charge is 0.408 e. The van der Waals surface area contributed by atoms with Crippen molar-refractivity contribution >= 4 is 44.7 Å². The molecule has 9 rings (SSSR count). The van der Waals surface area contributed by atoms with Crippen LogP contribution < -0.4 is 20.1 Å². The number of carbonyl (C=O) groups excluding carboxylic acids is 4. The fourth-order valence-corrected chi connectivity index (χ4v) is 12.5. The minimum atomic E-state index is -4.00. The first-order valence-corrected chi connectivity index (χ1v) is 25.5. The third-order valence-corrected chi connectivity index (χ3v) is 17.9. The van der Waals surface area contributed by atoms with Crippen LogP contribution >= 0.6 is 0 Å². The van der Waals surface area contributed by atoms with Crippen molar-refractivity contribution in [2.45, 2.75) is 151 Å². The summed E-state index contributed by atoms with van der Waals surface area (Å²) in [5, 5.41) is 7.03. The zero-order chi connectivity index (χ0) is 44.8. The highest BCUT2D eigenvalue weighted by Crippen LogP contribution is 2.47. The molecule has 15 nitrogen and oxygen atoms in total. The van der Waals surface area contributed by atoms with E-state index in [0.717, 1.165) is 126 Å². The Labute approximate surface area is 377 Å². The van der Waals surface area contributed by atoms with Gasteiger partial charge in [0.05, 0.1) is 16.8 Å². The molecule has 4 saturated carbocycles. The lowest BCUT2D eigenvalue weighted by Crippen LogP contribution is -2.59. The molecule has 348 valence electrons. The number of amides is 4. The fraction of sp³-hybridized carbons (Fsp3) is 0.688. The molecule has 6 fully saturated rings. The van der Waals surface area contributed by atoms with Gasteiger partial charge in [0, 0.05) is 56.0 Å². The van der Waals surface area contributed by atoms with Gasteiger partial charge in [-0.05, 0) is 102 Å². The molecule has 7 atom stereocenters. The van der Waals surface area contributed by atoms with Gasteiger partial charge in [0.2, 0.25) is 27.7 Å². The Kier molecular flexibility index (Phi) is 12.8. The topological polar surface area (TPSA) is 180 Å². The number of piperazine rings is 1. The molecule has 1 aromatic heterocycles. The van der Waals surface area contributed by atoms with E-state index in [9.17, 15) is 22.8 Å². The minimum Gasteiger partial charge on any atom is -0.472 e. The largest absolute Gasteiger partial charge is 0.472 e. The summed E-state index contributed by atoms with van der Waals surface area (Å²) in [5.74, 6) is -1.52. The number of likely N-dealkylation sites (N-methyl/N-ethyl adjacent to an activating group) is 1. The number of benzene rings is 1. The van der Waals surface area contributed by atoms with Crippen LogP contribution in [0.5, 0.6) is 5.88 Å². The van der Waals surface area contributed by atoms with Gasteiger partial charge in [0.15, 0.2) is 0 Å². The molecule has 4 heterocycles.